The summed E-state index contributed by atoms with van der Waals surface area (Å²) >= 11 is 0.974. The lowest BCUT2D eigenvalue weighted by Crippen LogP contribution is -2.05. The lowest BCUT2D eigenvalue weighted by atomic mass is 10.2. The van der Waals surface area contributed by atoms with Crippen LogP contribution in [0.3, 0.4) is 0 Å². The second kappa shape index (κ2) is 4.55. The largest absolute Gasteiger partial charge is 0.493 e. The van der Waals surface area contributed by atoms with Crippen molar-refractivity contribution in [2.75, 3.05) is 0 Å². The summed E-state index contributed by atoms with van der Waals surface area (Å²) in [5.74, 6) is -0.0441. The zero-order valence-corrected chi connectivity index (χ0v) is 10.4. The number of benzene rings is 1. The van der Waals surface area contributed by atoms with Crippen LogP contribution < -0.4 is 4.87 Å². The molecule has 0 aliphatic carbocycles. The van der Waals surface area contributed by atoms with Crippen molar-refractivity contribution in [3.8, 4) is 5.88 Å². The minimum atomic E-state index is -0.200. The van der Waals surface area contributed by atoms with Crippen molar-refractivity contribution in [2.45, 2.75) is 6.92 Å². The number of nitrogens with zero attached hydrogens (tertiary/aromatic N) is 2. The maximum Gasteiger partial charge on any atom is 0.310 e. The zero-order valence-electron chi connectivity index (χ0n) is 9.54. The topological polar surface area (TPSA) is 54.6 Å². The van der Waals surface area contributed by atoms with Crippen molar-refractivity contribution in [3.63, 3.8) is 0 Å². The van der Waals surface area contributed by atoms with Crippen molar-refractivity contribution < 1.29 is 5.11 Å². The molecule has 2 aromatic rings. The maximum absolute atomic E-state index is 11.3. The highest BCUT2D eigenvalue weighted by atomic mass is 32.1. The van der Waals surface area contributed by atoms with E-state index in [9.17, 15) is 9.90 Å². The van der Waals surface area contributed by atoms with Gasteiger partial charge >= 0.3 is 4.87 Å². The summed E-state index contributed by atoms with van der Waals surface area (Å²) in [6.07, 6.45) is 1.52. The second-order valence-electron chi connectivity index (χ2n) is 3.66. The quantitative estimate of drug-likeness (QED) is 0.828. The van der Waals surface area contributed by atoms with E-state index in [1.54, 1.807) is 0 Å². The Labute approximate surface area is 103 Å². The summed E-state index contributed by atoms with van der Waals surface area (Å²) in [4.78, 5) is 15.8. The van der Waals surface area contributed by atoms with Gasteiger partial charge in [0.05, 0.1) is 11.9 Å². The number of rotatable bonds is 2. The van der Waals surface area contributed by atoms with Gasteiger partial charge in [-0.15, -0.1) is 0 Å². The van der Waals surface area contributed by atoms with Crippen LogP contribution in [0.15, 0.2) is 34.1 Å². The van der Waals surface area contributed by atoms with Crippen molar-refractivity contribution >= 4 is 23.2 Å². The van der Waals surface area contributed by atoms with Gasteiger partial charge in [0, 0.05) is 7.05 Å². The fourth-order valence-corrected chi connectivity index (χ4v) is 2.13. The van der Waals surface area contributed by atoms with Crippen LogP contribution in [0.2, 0.25) is 0 Å². The molecule has 0 bridgehead atoms. The molecule has 1 aromatic carbocycles. The van der Waals surface area contributed by atoms with Gasteiger partial charge in [0.2, 0.25) is 5.88 Å². The van der Waals surface area contributed by atoms with Gasteiger partial charge in [-0.3, -0.25) is 14.4 Å². The first-order valence-electron chi connectivity index (χ1n) is 5.08. The Bertz CT molecular complexity index is 626. The van der Waals surface area contributed by atoms with Crippen LogP contribution in [-0.2, 0) is 7.05 Å². The lowest BCUT2D eigenvalue weighted by Gasteiger charge is -1.97. The molecule has 2 rings (SSSR count). The molecule has 88 valence electrons. The van der Waals surface area contributed by atoms with E-state index in [-0.39, 0.29) is 10.8 Å². The van der Waals surface area contributed by atoms with Crippen LogP contribution in [-0.4, -0.2) is 15.9 Å². The molecule has 0 fully saturated rings. The fraction of sp³-hybridized carbons (Fsp3) is 0.167. The lowest BCUT2D eigenvalue weighted by molar-refractivity contribution is 0.429. The van der Waals surface area contributed by atoms with Gasteiger partial charge in [0.1, 0.15) is 4.88 Å². The Hall–Kier alpha value is -1.88. The van der Waals surface area contributed by atoms with Gasteiger partial charge in [-0.25, -0.2) is 0 Å². The van der Waals surface area contributed by atoms with E-state index in [0.717, 1.165) is 22.6 Å². The molecule has 0 spiro atoms. The molecular formula is C12H12N2O2S. The number of aromatic hydroxyl groups is 1. The molecule has 0 saturated carbocycles. The summed E-state index contributed by atoms with van der Waals surface area (Å²) in [6.45, 7) is 1.96. The van der Waals surface area contributed by atoms with Crippen LogP contribution in [0, 0.1) is 6.92 Å². The Morgan fingerprint density at radius 2 is 2.12 bits per heavy atom. The van der Waals surface area contributed by atoms with E-state index in [1.807, 2.05) is 31.2 Å². The third-order valence-corrected chi connectivity index (χ3v) is 3.40. The number of thiazole rings is 1. The summed E-state index contributed by atoms with van der Waals surface area (Å²) < 4.78 is 1.20. The monoisotopic (exact) mass is 248 g/mol. The highest BCUT2D eigenvalue weighted by molar-refractivity contribution is 7.11. The van der Waals surface area contributed by atoms with E-state index >= 15 is 0 Å². The highest BCUT2D eigenvalue weighted by Gasteiger charge is 2.08. The Morgan fingerprint density at radius 1 is 1.41 bits per heavy atom. The molecule has 0 saturated heterocycles. The zero-order chi connectivity index (χ0) is 12.4. The second-order valence-corrected chi connectivity index (χ2v) is 4.65. The highest BCUT2D eigenvalue weighted by Crippen LogP contribution is 2.20. The molecule has 0 unspecified atom stereocenters. The number of aromatic nitrogens is 1. The maximum atomic E-state index is 11.3. The molecule has 1 N–H and O–H groups in total. The third-order valence-electron chi connectivity index (χ3n) is 2.45. The standard InChI is InChI=1S/C12H12N2O2S/c1-8-5-3-4-6-9(8)13-7-10-11(15)14(2)12(16)17-10/h3-7,15H,1-2H3. The van der Waals surface area contributed by atoms with Crippen molar-refractivity contribution in [2.24, 2.45) is 12.0 Å². The van der Waals surface area contributed by atoms with Gasteiger partial charge in [-0.2, -0.15) is 0 Å². The summed E-state index contributed by atoms with van der Waals surface area (Å²) in [6, 6.07) is 7.67. The molecular weight excluding hydrogens is 236 g/mol. The van der Waals surface area contributed by atoms with Crippen LogP contribution in [0.5, 0.6) is 5.88 Å². The number of aliphatic imine (C=N–C) groups is 1. The Morgan fingerprint density at radius 3 is 2.71 bits per heavy atom. The minimum Gasteiger partial charge on any atom is -0.493 e. The Balaban J connectivity index is 2.36. The number of hydrogen-bond acceptors (Lipinski definition) is 4. The van der Waals surface area contributed by atoms with Crippen molar-refractivity contribution in [3.05, 3.63) is 44.4 Å². The normalized spacial score (nSPS) is 11.2. The molecule has 0 radical (unpaired) electrons. The summed E-state index contributed by atoms with van der Waals surface area (Å²) in [5, 5.41) is 9.65. The van der Waals surface area contributed by atoms with Crippen LogP contribution in [0.4, 0.5) is 5.69 Å². The first kappa shape index (κ1) is 11.6. The minimum absolute atomic E-state index is 0.0441. The molecule has 4 nitrogen and oxygen atoms in total. The smallest absolute Gasteiger partial charge is 0.310 e. The predicted octanol–water partition coefficient (Wildman–Crippen LogP) is 2.21. The molecule has 0 amide bonds. The van der Waals surface area contributed by atoms with E-state index < -0.39 is 0 Å². The first-order valence-corrected chi connectivity index (χ1v) is 5.89. The van der Waals surface area contributed by atoms with Crippen LogP contribution in [0.1, 0.15) is 10.4 Å². The number of hydrogen-bond donors (Lipinski definition) is 1. The summed E-state index contributed by atoms with van der Waals surface area (Å²) in [7, 11) is 1.53. The number of aryl methyl sites for hydroxylation is 1. The van der Waals surface area contributed by atoms with E-state index in [0.29, 0.717) is 4.88 Å². The molecule has 1 heterocycles. The van der Waals surface area contributed by atoms with E-state index in [1.165, 1.54) is 17.8 Å². The van der Waals surface area contributed by atoms with Crippen LogP contribution in [0.25, 0.3) is 0 Å². The van der Waals surface area contributed by atoms with Gasteiger partial charge in [-0.1, -0.05) is 29.5 Å². The fourth-order valence-electron chi connectivity index (χ4n) is 1.38. The average Bonchev–Trinajstić information content (AvgIpc) is 2.56. The van der Waals surface area contributed by atoms with Gasteiger partial charge in [0.15, 0.2) is 0 Å². The molecule has 5 heteroatoms. The average molecular weight is 248 g/mol. The van der Waals surface area contributed by atoms with E-state index in [4.69, 9.17) is 0 Å². The van der Waals surface area contributed by atoms with E-state index in [2.05, 4.69) is 4.99 Å². The van der Waals surface area contributed by atoms with Crippen LogP contribution >= 0.6 is 11.3 Å². The van der Waals surface area contributed by atoms with Gasteiger partial charge in [-0.05, 0) is 18.6 Å². The molecule has 17 heavy (non-hydrogen) atoms. The van der Waals surface area contributed by atoms with Crippen molar-refractivity contribution in [1.29, 1.82) is 0 Å². The molecule has 0 aliphatic heterocycles. The van der Waals surface area contributed by atoms with Gasteiger partial charge in [0.25, 0.3) is 0 Å². The molecule has 0 atom stereocenters. The first-order chi connectivity index (χ1) is 8.09. The summed E-state index contributed by atoms with van der Waals surface area (Å²) in [5.41, 5.74) is 1.88. The Kier molecular flexibility index (Phi) is 3.10. The molecule has 1 aromatic heterocycles. The number of para-hydroxylation sites is 1. The SMILES string of the molecule is Cc1ccccc1N=Cc1sc(=O)n(C)c1O. The van der Waals surface area contributed by atoms with Crippen molar-refractivity contribution in [1.82, 2.24) is 4.57 Å². The molecule has 0 aliphatic rings. The van der Waals surface area contributed by atoms with Gasteiger partial charge < -0.3 is 5.11 Å². The third kappa shape index (κ3) is 2.29. The predicted molar refractivity (Wildman–Crippen MR) is 69.7 cm³/mol.